The predicted molar refractivity (Wildman–Crippen MR) is 55.8 cm³/mol. The molecule has 0 unspecified atom stereocenters. The number of fused-ring (bicyclic) bond motifs is 1. The summed E-state index contributed by atoms with van der Waals surface area (Å²) in [4.78, 5) is 21.6. The van der Waals surface area contributed by atoms with Crippen LogP contribution in [0.4, 0.5) is 5.69 Å². The summed E-state index contributed by atoms with van der Waals surface area (Å²) in [6.45, 7) is 0. The highest BCUT2D eigenvalue weighted by Gasteiger charge is 2.20. The topological polar surface area (TPSA) is 78.3 Å². The number of non-ortho nitro benzene ring substituents is 1. The quantitative estimate of drug-likeness (QED) is 0.586. The molecule has 1 heterocycles. The summed E-state index contributed by atoms with van der Waals surface area (Å²) in [6, 6.07) is 2.79. The van der Waals surface area contributed by atoms with Gasteiger partial charge in [-0.1, -0.05) is 15.9 Å². The number of aromatic nitrogens is 1. The fourth-order valence-electron chi connectivity index (χ4n) is 1.32. The Morgan fingerprint density at radius 2 is 2.20 bits per heavy atom. The highest BCUT2D eigenvalue weighted by atomic mass is 79.9. The van der Waals surface area contributed by atoms with Crippen LogP contribution in [0.1, 0.15) is 0 Å². The third kappa shape index (κ3) is 1.44. The van der Waals surface area contributed by atoms with Crippen molar-refractivity contribution in [3.8, 4) is 0 Å². The normalized spacial score (nSPS) is 10.8. The first-order chi connectivity index (χ1) is 7.00. The summed E-state index contributed by atoms with van der Waals surface area (Å²) in [5.74, 6) is 0. The summed E-state index contributed by atoms with van der Waals surface area (Å²) >= 11 is 3.10. The fraction of sp³-hybridized carbons (Fsp3) is 0.125. The van der Waals surface area contributed by atoms with Gasteiger partial charge in [0.25, 0.3) is 5.56 Å². The van der Waals surface area contributed by atoms with Crippen LogP contribution in [0.3, 0.4) is 0 Å². The second kappa shape index (κ2) is 3.20. The van der Waals surface area contributed by atoms with Crippen molar-refractivity contribution in [2.45, 2.75) is 0 Å². The number of rotatable bonds is 1. The molecule has 78 valence electrons. The van der Waals surface area contributed by atoms with Crippen molar-refractivity contribution in [2.24, 2.45) is 7.05 Å². The summed E-state index contributed by atoms with van der Waals surface area (Å²) in [5, 5.41) is 10.9. The van der Waals surface area contributed by atoms with Crippen LogP contribution in [0.25, 0.3) is 11.0 Å². The summed E-state index contributed by atoms with van der Waals surface area (Å²) < 4.78 is 6.42. The number of nitro benzene ring substituents is 1. The Hall–Kier alpha value is -1.63. The van der Waals surface area contributed by atoms with Crippen LogP contribution in [0.15, 0.2) is 25.9 Å². The molecule has 0 N–H and O–H groups in total. The molecule has 1 aromatic carbocycles. The Balaban J connectivity index is 2.99. The molecule has 0 saturated heterocycles. The second-order valence-electron chi connectivity index (χ2n) is 2.95. The third-order valence-corrected chi connectivity index (χ3v) is 2.43. The fourth-order valence-corrected chi connectivity index (χ4v) is 1.76. The number of benzene rings is 1. The lowest BCUT2D eigenvalue weighted by molar-refractivity contribution is -0.383. The van der Waals surface area contributed by atoms with Crippen molar-refractivity contribution in [2.75, 3.05) is 0 Å². The van der Waals surface area contributed by atoms with Gasteiger partial charge in [0.2, 0.25) is 5.58 Å². The number of hydrogen-bond donors (Lipinski definition) is 0. The first-order valence-corrected chi connectivity index (χ1v) is 4.74. The smallest absolute Gasteiger partial charge is 0.316 e. The van der Waals surface area contributed by atoms with Crippen LogP contribution in [-0.4, -0.2) is 9.66 Å². The molecule has 0 atom stereocenters. The van der Waals surface area contributed by atoms with Gasteiger partial charge < -0.3 is 4.52 Å². The lowest BCUT2D eigenvalue weighted by Gasteiger charge is -1.92. The second-order valence-corrected chi connectivity index (χ2v) is 3.87. The van der Waals surface area contributed by atoms with Crippen molar-refractivity contribution in [3.63, 3.8) is 0 Å². The SMILES string of the molecule is Cn1oc2c([N+](=O)[O-])cc(Br)cc2c1=O. The van der Waals surface area contributed by atoms with Crippen LogP contribution < -0.4 is 5.56 Å². The number of nitro groups is 1. The van der Waals surface area contributed by atoms with E-state index < -0.39 is 10.5 Å². The lowest BCUT2D eigenvalue weighted by Crippen LogP contribution is -2.08. The molecule has 6 nitrogen and oxygen atoms in total. The van der Waals surface area contributed by atoms with Gasteiger partial charge in [-0.05, 0) is 6.07 Å². The van der Waals surface area contributed by atoms with E-state index in [0.717, 1.165) is 4.74 Å². The first-order valence-electron chi connectivity index (χ1n) is 3.94. The Morgan fingerprint density at radius 3 is 2.80 bits per heavy atom. The molecule has 1 aromatic heterocycles. The zero-order valence-corrected chi connectivity index (χ0v) is 9.15. The van der Waals surface area contributed by atoms with E-state index in [1.807, 2.05) is 0 Å². The highest BCUT2D eigenvalue weighted by molar-refractivity contribution is 9.10. The van der Waals surface area contributed by atoms with Crippen molar-refractivity contribution in [1.29, 1.82) is 0 Å². The molecule has 0 spiro atoms. The number of hydrogen-bond acceptors (Lipinski definition) is 4. The Labute approximate surface area is 91.3 Å². The maximum Gasteiger partial charge on any atom is 0.316 e. The van der Waals surface area contributed by atoms with Gasteiger partial charge in [0, 0.05) is 17.6 Å². The van der Waals surface area contributed by atoms with Crippen LogP contribution in [0.2, 0.25) is 0 Å². The number of halogens is 1. The van der Waals surface area contributed by atoms with E-state index in [1.54, 1.807) is 0 Å². The molecule has 0 amide bonds. The van der Waals surface area contributed by atoms with Crippen molar-refractivity contribution in [3.05, 3.63) is 37.1 Å². The van der Waals surface area contributed by atoms with E-state index >= 15 is 0 Å². The van der Waals surface area contributed by atoms with E-state index in [2.05, 4.69) is 15.9 Å². The molecule has 15 heavy (non-hydrogen) atoms. The molecule has 0 aliphatic rings. The van der Waals surface area contributed by atoms with Crippen LogP contribution >= 0.6 is 15.9 Å². The standard InChI is InChI=1S/C8H5BrN2O4/c1-10-8(12)5-2-4(9)3-6(11(13)14)7(5)15-10/h2-3H,1H3. The first kappa shape index (κ1) is 9.91. The van der Waals surface area contributed by atoms with Gasteiger partial charge in [0.1, 0.15) is 0 Å². The molecule has 2 aromatic rings. The molecular formula is C8H5BrN2O4. The molecule has 0 bridgehead atoms. The van der Waals surface area contributed by atoms with Crippen LogP contribution in [-0.2, 0) is 7.05 Å². The van der Waals surface area contributed by atoms with Gasteiger partial charge in [-0.25, -0.2) is 0 Å². The molecule has 2 rings (SSSR count). The molecule has 0 fully saturated rings. The van der Waals surface area contributed by atoms with Gasteiger partial charge in [-0.2, -0.15) is 4.74 Å². The van der Waals surface area contributed by atoms with Crippen LogP contribution in [0.5, 0.6) is 0 Å². The monoisotopic (exact) mass is 272 g/mol. The van der Waals surface area contributed by atoms with E-state index in [9.17, 15) is 14.9 Å². The lowest BCUT2D eigenvalue weighted by atomic mass is 10.2. The summed E-state index contributed by atoms with van der Waals surface area (Å²) in [7, 11) is 1.40. The predicted octanol–water partition coefficient (Wildman–Crippen LogP) is 1.80. The summed E-state index contributed by atoms with van der Waals surface area (Å²) in [5.41, 5.74) is -0.623. The minimum atomic E-state index is -0.587. The molecule has 0 aliphatic heterocycles. The molecule has 0 radical (unpaired) electrons. The van der Waals surface area contributed by atoms with E-state index in [-0.39, 0.29) is 16.7 Å². The molecule has 7 heteroatoms. The van der Waals surface area contributed by atoms with Crippen LogP contribution in [0, 0.1) is 10.1 Å². The van der Waals surface area contributed by atoms with E-state index in [4.69, 9.17) is 4.52 Å². The van der Waals surface area contributed by atoms with Gasteiger partial charge in [-0.3, -0.25) is 14.9 Å². The minimum Gasteiger partial charge on any atom is -0.369 e. The number of aryl methyl sites for hydroxylation is 1. The Kier molecular flexibility index (Phi) is 2.11. The minimum absolute atomic E-state index is 0.00398. The van der Waals surface area contributed by atoms with Gasteiger partial charge in [0.05, 0.1) is 10.3 Å². The van der Waals surface area contributed by atoms with E-state index in [0.29, 0.717) is 4.47 Å². The van der Waals surface area contributed by atoms with Crippen molar-refractivity contribution >= 4 is 32.6 Å². The molecule has 0 aliphatic carbocycles. The molecule has 0 saturated carbocycles. The van der Waals surface area contributed by atoms with E-state index in [1.165, 1.54) is 19.2 Å². The molecular weight excluding hydrogens is 268 g/mol. The Bertz CT molecular complexity index is 613. The van der Waals surface area contributed by atoms with Crippen molar-refractivity contribution < 1.29 is 9.45 Å². The van der Waals surface area contributed by atoms with Gasteiger partial charge >= 0.3 is 5.69 Å². The van der Waals surface area contributed by atoms with Gasteiger partial charge in [0.15, 0.2) is 0 Å². The number of nitrogens with zero attached hydrogens (tertiary/aromatic N) is 2. The van der Waals surface area contributed by atoms with Gasteiger partial charge in [-0.15, -0.1) is 0 Å². The maximum atomic E-state index is 11.5. The largest absolute Gasteiger partial charge is 0.369 e. The Morgan fingerprint density at radius 1 is 1.53 bits per heavy atom. The average Bonchev–Trinajstić information content (AvgIpc) is 2.43. The highest BCUT2D eigenvalue weighted by Crippen LogP contribution is 2.28. The zero-order chi connectivity index (χ0) is 11.2. The maximum absolute atomic E-state index is 11.5. The van der Waals surface area contributed by atoms with Crippen molar-refractivity contribution in [1.82, 2.24) is 4.74 Å². The average molecular weight is 273 g/mol. The third-order valence-electron chi connectivity index (χ3n) is 1.98. The summed E-state index contributed by atoms with van der Waals surface area (Å²) in [6.07, 6.45) is 0. The zero-order valence-electron chi connectivity index (χ0n) is 7.56.